The zero-order chi connectivity index (χ0) is 13.1. The summed E-state index contributed by atoms with van der Waals surface area (Å²) >= 11 is 0. The van der Waals surface area contributed by atoms with Gasteiger partial charge in [0.1, 0.15) is 5.78 Å². The molecule has 0 spiro atoms. The summed E-state index contributed by atoms with van der Waals surface area (Å²) in [6.07, 6.45) is 15.1. The highest BCUT2D eigenvalue weighted by atomic mass is 16.3. The molecule has 0 radical (unpaired) electrons. The first-order valence-corrected chi connectivity index (χ1v) is 7.99. The van der Waals surface area contributed by atoms with Crippen LogP contribution in [0.5, 0.6) is 0 Å². The molecule has 1 rings (SSSR count). The van der Waals surface area contributed by atoms with Gasteiger partial charge in [-0.15, -0.1) is 0 Å². The highest BCUT2D eigenvalue weighted by molar-refractivity contribution is 5.78. The third kappa shape index (κ3) is 8.68. The number of hydrogen-bond donors (Lipinski definition) is 1. The lowest BCUT2D eigenvalue weighted by Gasteiger charge is -2.10. The first kappa shape index (κ1) is 15.7. The molecule has 1 atom stereocenters. The summed E-state index contributed by atoms with van der Waals surface area (Å²) in [4.78, 5) is 11.6. The molecule has 1 N–H and O–H groups in total. The molecule has 0 aliphatic heterocycles. The van der Waals surface area contributed by atoms with Crippen LogP contribution in [0, 0.1) is 0 Å². The van der Waals surface area contributed by atoms with Crippen molar-refractivity contribution >= 4 is 5.78 Å². The molecule has 1 aliphatic carbocycles. The van der Waals surface area contributed by atoms with Crippen molar-refractivity contribution in [2.45, 2.75) is 96.0 Å². The molecule has 0 aromatic heterocycles. The fraction of sp³-hybridized carbons (Fsp3) is 0.938. The largest absolute Gasteiger partial charge is 0.393 e. The maximum atomic E-state index is 11.6. The van der Waals surface area contributed by atoms with Gasteiger partial charge in [0.05, 0.1) is 6.10 Å². The molecule has 1 aliphatic rings. The zero-order valence-electron chi connectivity index (χ0n) is 11.8. The molecule has 0 heterocycles. The van der Waals surface area contributed by atoms with E-state index in [-0.39, 0.29) is 6.10 Å². The van der Waals surface area contributed by atoms with E-state index >= 15 is 0 Å². The summed E-state index contributed by atoms with van der Waals surface area (Å²) in [6, 6.07) is 0. The van der Waals surface area contributed by atoms with E-state index in [9.17, 15) is 9.90 Å². The molecule has 0 aromatic carbocycles. The minimum Gasteiger partial charge on any atom is -0.393 e. The molecule has 1 unspecified atom stereocenters. The maximum Gasteiger partial charge on any atom is 0.132 e. The minimum atomic E-state index is -0.0838. The predicted octanol–water partition coefficient (Wildman–Crippen LogP) is 4.39. The third-order valence-electron chi connectivity index (χ3n) is 3.99. The first-order chi connectivity index (χ1) is 8.79. The Morgan fingerprint density at radius 2 is 1.06 bits per heavy atom. The van der Waals surface area contributed by atoms with Crippen molar-refractivity contribution in [3.05, 3.63) is 0 Å². The molecule has 18 heavy (non-hydrogen) atoms. The van der Waals surface area contributed by atoms with E-state index in [1.54, 1.807) is 0 Å². The Labute approximate surface area is 112 Å². The summed E-state index contributed by atoms with van der Waals surface area (Å²) in [5, 5.41) is 9.81. The van der Waals surface area contributed by atoms with Gasteiger partial charge < -0.3 is 5.11 Å². The van der Waals surface area contributed by atoms with Crippen LogP contribution < -0.4 is 0 Å². The van der Waals surface area contributed by atoms with E-state index in [0.717, 1.165) is 51.4 Å². The molecule has 2 nitrogen and oxygen atoms in total. The monoisotopic (exact) mass is 254 g/mol. The second-order valence-corrected chi connectivity index (χ2v) is 5.81. The second kappa shape index (κ2) is 10.5. The van der Waals surface area contributed by atoms with Crippen molar-refractivity contribution in [1.29, 1.82) is 0 Å². The Morgan fingerprint density at radius 3 is 1.56 bits per heavy atom. The van der Waals surface area contributed by atoms with E-state index in [1.165, 1.54) is 38.5 Å². The van der Waals surface area contributed by atoms with Gasteiger partial charge in [-0.1, -0.05) is 51.4 Å². The van der Waals surface area contributed by atoms with Crippen molar-refractivity contribution in [2.75, 3.05) is 0 Å². The summed E-state index contributed by atoms with van der Waals surface area (Å²) in [7, 11) is 0. The van der Waals surface area contributed by atoms with Crippen LogP contribution in [0.4, 0.5) is 0 Å². The Kier molecular flexibility index (Phi) is 9.19. The van der Waals surface area contributed by atoms with E-state index in [2.05, 4.69) is 0 Å². The maximum absolute atomic E-state index is 11.6. The molecular formula is C16H30O2. The SMILES string of the molecule is O=C1CCCCCCCCC(O)CCCCCC1. The highest BCUT2D eigenvalue weighted by Gasteiger charge is 2.06. The van der Waals surface area contributed by atoms with Crippen LogP contribution in [0.15, 0.2) is 0 Å². The summed E-state index contributed by atoms with van der Waals surface area (Å²) in [5.74, 6) is 0.460. The lowest BCUT2D eigenvalue weighted by molar-refractivity contribution is -0.119. The molecule has 2 heteroatoms. The zero-order valence-corrected chi connectivity index (χ0v) is 11.8. The van der Waals surface area contributed by atoms with Crippen molar-refractivity contribution < 1.29 is 9.90 Å². The Bertz CT molecular complexity index is 213. The van der Waals surface area contributed by atoms with Gasteiger partial charge in [0.2, 0.25) is 0 Å². The van der Waals surface area contributed by atoms with Gasteiger partial charge in [-0.25, -0.2) is 0 Å². The van der Waals surface area contributed by atoms with Crippen molar-refractivity contribution in [2.24, 2.45) is 0 Å². The number of rotatable bonds is 0. The summed E-state index contributed by atoms with van der Waals surface area (Å²) in [6.45, 7) is 0. The molecule has 0 amide bonds. The molecular weight excluding hydrogens is 224 g/mol. The van der Waals surface area contributed by atoms with E-state index in [0.29, 0.717) is 5.78 Å². The van der Waals surface area contributed by atoms with E-state index < -0.39 is 0 Å². The lowest BCUT2D eigenvalue weighted by atomic mass is 9.99. The number of carbonyl (C=O) groups is 1. The normalized spacial score (nSPS) is 26.9. The Balaban J connectivity index is 2.19. The van der Waals surface area contributed by atoms with Crippen LogP contribution in [-0.4, -0.2) is 17.0 Å². The highest BCUT2D eigenvalue weighted by Crippen LogP contribution is 2.15. The van der Waals surface area contributed by atoms with Gasteiger partial charge in [-0.3, -0.25) is 4.79 Å². The summed E-state index contributed by atoms with van der Waals surface area (Å²) < 4.78 is 0. The number of hydrogen-bond acceptors (Lipinski definition) is 2. The molecule has 106 valence electrons. The van der Waals surface area contributed by atoms with Crippen LogP contribution in [0.2, 0.25) is 0 Å². The predicted molar refractivity (Wildman–Crippen MR) is 75.7 cm³/mol. The van der Waals surface area contributed by atoms with E-state index in [1.807, 2.05) is 0 Å². The number of aliphatic hydroxyl groups is 1. The number of carbonyl (C=O) groups excluding carboxylic acids is 1. The quantitative estimate of drug-likeness (QED) is 0.696. The summed E-state index contributed by atoms with van der Waals surface area (Å²) in [5.41, 5.74) is 0. The molecule has 0 aromatic rings. The fourth-order valence-corrected chi connectivity index (χ4v) is 2.73. The van der Waals surface area contributed by atoms with Crippen LogP contribution in [-0.2, 0) is 4.79 Å². The number of aliphatic hydroxyl groups excluding tert-OH is 1. The fourth-order valence-electron chi connectivity index (χ4n) is 2.73. The van der Waals surface area contributed by atoms with Crippen molar-refractivity contribution in [1.82, 2.24) is 0 Å². The Hall–Kier alpha value is -0.370. The third-order valence-corrected chi connectivity index (χ3v) is 3.99. The first-order valence-electron chi connectivity index (χ1n) is 7.99. The smallest absolute Gasteiger partial charge is 0.132 e. The lowest BCUT2D eigenvalue weighted by Crippen LogP contribution is -2.06. The molecule has 1 saturated carbocycles. The van der Waals surface area contributed by atoms with Crippen LogP contribution in [0.3, 0.4) is 0 Å². The average Bonchev–Trinajstić information content (AvgIpc) is 2.35. The van der Waals surface area contributed by atoms with Crippen LogP contribution in [0.1, 0.15) is 89.9 Å². The molecule has 1 fully saturated rings. The van der Waals surface area contributed by atoms with Gasteiger partial charge in [-0.05, 0) is 25.7 Å². The van der Waals surface area contributed by atoms with E-state index in [4.69, 9.17) is 0 Å². The topological polar surface area (TPSA) is 37.3 Å². The van der Waals surface area contributed by atoms with Gasteiger partial charge in [0, 0.05) is 12.8 Å². The average molecular weight is 254 g/mol. The second-order valence-electron chi connectivity index (χ2n) is 5.81. The van der Waals surface area contributed by atoms with Gasteiger partial charge in [0.15, 0.2) is 0 Å². The minimum absolute atomic E-state index is 0.0838. The van der Waals surface area contributed by atoms with Crippen LogP contribution >= 0.6 is 0 Å². The van der Waals surface area contributed by atoms with Gasteiger partial charge >= 0.3 is 0 Å². The number of ketones is 1. The van der Waals surface area contributed by atoms with Gasteiger partial charge in [-0.2, -0.15) is 0 Å². The molecule has 0 saturated heterocycles. The molecule has 0 bridgehead atoms. The van der Waals surface area contributed by atoms with Gasteiger partial charge in [0.25, 0.3) is 0 Å². The Morgan fingerprint density at radius 1 is 0.667 bits per heavy atom. The van der Waals surface area contributed by atoms with Crippen molar-refractivity contribution in [3.8, 4) is 0 Å². The van der Waals surface area contributed by atoms with Crippen molar-refractivity contribution in [3.63, 3.8) is 0 Å². The standard InChI is InChI=1S/C16H30O2/c17-15-11-7-3-1-2-4-8-12-16(18)14-10-6-5-9-13-15/h15,17H,1-14H2. The van der Waals surface area contributed by atoms with Crippen LogP contribution in [0.25, 0.3) is 0 Å². The number of Topliss-reactive ketones (excluding diaryl/α,β-unsaturated/α-hetero) is 1.